The third-order valence-electron chi connectivity index (χ3n) is 4.50. The largest absolute Gasteiger partial charge is 0.355 e. The zero-order chi connectivity index (χ0) is 18.3. The Kier molecular flexibility index (Phi) is 4.14. The molecule has 1 aromatic carbocycles. The van der Waals surface area contributed by atoms with Crippen LogP contribution in [0.15, 0.2) is 22.9 Å². The van der Waals surface area contributed by atoms with Crippen LogP contribution in [0.4, 0.5) is 20.5 Å². The van der Waals surface area contributed by atoms with Gasteiger partial charge in [-0.25, -0.2) is 13.8 Å². The first-order valence-corrected chi connectivity index (χ1v) is 8.39. The maximum Gasteiger partial charge on any atom is 0.265 e. The molecule has 0 radical (unpaired) electrons. The second kappa shape index (κ2) is 6.47. The molecule has 0 spiro atoms. The number of anilines is 2. The van der Waals surface area contributed by atoms with E-state index in [1.54, 1.807) is 11.1 Å². The van der Waals surface area contributed by atoms with E-state index in [-0.39, 0.29) is 5.92 Å². The predicted octanol–water partition coefficient (Wildman–Crippen LogP) is 2.74. The van der Waals surface area contributed by atoms with Crippen molar-refractivity contribution in [3.63, 3.8) is 0 Å². The predicted molar refractivity (Wildman–Crippen MR) is 92.3 cm³/mol. The Bertz CT molecular complexity index is 944. The SMILES string of the molecule is CN(C)c1noc(C2CCCN(c3cnc4cc(F)c(F)cc4n3)C2)n1. The molecule has 0 amide bonds. The molecule has 1 fully saturated rings. The van der Waals surface area contributed by atoms with E-state index < -0.39 is 11.6 Å². The summed E-state index contributed by atoms with van der Waals surface area (Å²) in [4.78, 5) is 16.9. The van der Waals surface area contributed by atoms with Gasteiger partial charge in [-0.2, -0.15) is 4.98 Å². The van der Waals surface area contributed by atoms with Gasteiger partial charge in [0.05, 0.1) is 23.1 Å². The van der Waals surface area contributed by atoms with Crippen LogP contribution in [0.5, 0.6) is 0 Å². The van der Waals surface area contributed by atoms with E-state index in [1.807, 2.05) is 14.1 Å². The van der Waals surface area contributed by atoms with E-state index in [4.69, 9.17) is 4.52 Å². The average Bonchev–Trinajstić information content (AvgIpc) is 3.13. The zero-order valence-corrected chi connectivity index (χ0v) is 14.5. The van der Waals surface area contributed by atoms with E-state index in [0.29, 0.717) is 35.2 Å². The summed E-state index contributed by atoms with van der Waals surface area (Å²) >= 11 is 0. The standard InChI is InChI=1S/C17H18F2N6O/c1-24(2)17-22-16(26-23-17)10-4-3-5-25(9-10)15-8-20-13-6-11(18)12(19)7-14(13)21-15/h6-8,10H,3-5,9H2,1-2H3. The summed E-state index contributed by atoms with van der Waals surface area (Å²) in [6.45, 7) is 1.45. The van der Waals surface area contributed by atoms with Crippen molar-refractivity contribution >= 4 is 22.8 Å². The van der Waals surface area contributed by atoms with Gasteiger partial charge in [-0.1, -0.05) is 0 Å². The molecule has 0 aliphatic carbocycles. The molecular formula is C17H18F2N6O. The lowest BCUT2D eigenvalue weighted by Gasteiger charge is -2.31. The monoisotopic (exact) mass is 360 g/mol. The molecule has 0 saturated carbocycles. The van der Waals surface area contributed by atoms with Crippen molar-refractivity contribution in [2.24, 2.45) is 0 Å². The van der Waals surface area contributed by atoms with Crippen molar-refractivity contribution < 1.29 is 13.3 Å². The van der Waals surface area contributed by atoms with Gasteiger partial charge in [-0.05, 0) is 18.0 Å². The first-order valence-electron chi connectivity index (χ1n) is 8.39. The number of piperidine rings is 1. The van der Waals surface area contributed by atoms with Gasteiger partial charge in [0.1, 0.15) is 5.82 Å². The summed E-state index contributed by atoms with van der Waals surface area (Å²) < 4.78 is 32.2. The number of halogens is 2. The number of rotatable bonds is 3. The molecular weight excluding hydrogens is 342 g/mol. The topological polar surface area (TPSA) is 71.2 Å². The molecule has 3 aromatic rings. The number of hydrogen-bond donors (Lipinski definition) is 0. The van der Waals surface area contributed by atoms with Crippen LogP contribution in [0.2, 0.25) is 0 Å². The summed E-state index contributed by atoms with van der Waals surface area (Å²) in [6.07, 6.45) is 3.45. The number of hydrogen-bond acceptors (Lipinski definition) is 7. The minimum absolute atomic E-state index is 0.0902. The molecule has 1 unspecified atom stereocenters. The van der Waals surface area contributed by atoms with Gasteiger partial charge >= 0.3 is 0 Å². The Morgan fingerprint density at radius 1 is 1.15 bits per heavy atom. The van der Waals surface area contributed by atoms with E-state index in [9.17, 15) is 8.78 Å². The van der Waals surface area contributed by atoms with Crippen molar-refractivity contribution in [1.82, 2.24) is 20.1 Å². The van der Waals surface area contributed by atoms with Gasteiger partial charge < -0.3 is 14.3 Å². The van der Waals surface area contributed by atoms with Crippen LogP contribution in [0.1, 0.15) is 24.7 Å². The van der Waals surface area contributed by atoms with Crippen LogP contribution in [-0.4, -0.2) is 47.3 Å². The summed E-state index contributed by atoms with van der Waals surface area (Å²) in [5, 5.41) is 3.96. The highest BCUT2D eigenvalue weighted by molar-refractivity contribution is 5.75. The third kappa shape index (κ3) is 3.04. The number of fused-ring (bicyclic) bond motifs is 1. The van der Waals surface area contributed by atoms with E-state index in [0.717, 1.165) is 31.5 Å². The van der Waals surface area contributed by atoms with Crippen LogP contribution in [-0.2, 0) is 0 Å². The van der Waals surface area contributed by atoms with Gasteiger partial charge in [0, 0.05) is 39.3 Å². The second-order valence-corrected chi connectivity index (χ2v) is 6.60. The molecule has 1 aliphatic rings. The van der Waals surface area contributed by atoms with Crippen molar-refractivity contribution in [2.45, 2.75) is 18.8 Å². The Morgan fingerprint density at radius 2 is 1.92 bits per heavy atom. The van der Waals surface area contributed by atoms with Gasteiger partial charge in [0.15, 0.2) is 11.6 Å². The van der Waals surface area contributed by atoms with E-state index in [2.05, 4.69) is 25.0 Å². The molecule has 9 heteroatoms. The molecule has 0 bridgehead atoms. The molecule has 2 aromatic heterocycles. The second-order valence-electron chi connectivity index (χ2n) is 6.60. The van der Waals surface area contributed by atoms with Crippen LogP contribution in [0.25, 0.3) is 11.0 Å². The third-order valence-corrected chi connectivity index (χ3v) is 4.50. The normalized spacial score (nSPS) is 17.7. The zero-order valence-electron chi connectivity index (χ0n) is 14.5. The van der Waals surface area contributed by atoms with Gasteiger partial charge in [0.2, 0.25) is 5.89 Å². The van der Waals surface area contributed by atoms with Crippen LogP contribution in [0, 0.1) is 11.6 Å². The number of nitrogens with zero attached hydrogens (tertiary/aromatic N) is 6. The summed E-state index contributed by atoms with van der Waals surface area (Å²) in [6, 6.07) is 2.13. The highest BCUT2D eigenvalue weighted by atomic mass is 19.2. The number of aromatic nitrogens is 4. The van der Waals surface area contributed by atoms with Crippen molar-refractivity contribution in [3.8, 4) is 0 Å². The van der Waals surface area contributed by atoms with Gasteiger partial charge in [0.25, 0.3) is 5.95 Å². The summed E-state index contributed by atoms with van der Waals surface area (Å²) in [5.74, 6) is 0.00145. The highest BCUT2D eigenvalue weighted by Gasteiger charge is 2.27. The fourth-order valence-electron chi connectivity index (χ4n) is 3.11. The van der Waals surface area contributed by atoms with E-state index in [1.165, 1.54) is 0 Å². The fraction of sp³-hybridized carbons (Fsp3) is 0.412. The van der Waals surface area contributed by atoms with Gasteiger partial charge in [-0.15, -0.1) is 0 Å². The lowest BCUT2D eigenvalue weighted by atomic mass is 9.98. The van der Waals surface area contributed by atoms with E-state index >= 15 is 0 Å². The van der Waals surface area contributed by atoms with Crippen LogP contribution >= 0.6 is 0 Å². The quantitative estimate of drug-likeness (QED) is 0.711. The van der Waals surface area contributed by atoms with Crippen molar-refractivity contribution in [1.29, 1.82) is 0 Å². The smallest absolute Gasteiger partial charge is 0.265 e. The Morgan fingerprint density at radius 3 is 2.65 bits per heavy atom. The maximum absolute atomic E-state index is 13.5. The highest BCUT2D eigenvalue weighted by Crippen LogP contribution is 2.29. The molecule has 136 valence electrons. The molecule has 3 heterocycles. The first kappa shape index (κ1) is 16.6. The molecule has 1 saturated heterocycles. The Balaban J connectivity index is 1.59. The average molecular weight is 360 g/mol. The van der Waals surface area contributed by atoms with Crippen LogP contribution < -0.4 is 9.80 Å². The van der Waals surface area contributed by atoms with Crippen molar-refractivity contribution in [3.05, 3.63) is 35.9 Å². The minimum Gasteiger partial charge on any atom is -0.355 e. The molecule has 1 atom stereocenters. The lowest BCUT2D eigenvalue weighted by molar-refractivity contribution is 0.332. The fourth-order valence-corrected chi connectivity index (χ4v) is 3.11. The maximum atomic E-state index is 13.5. The summed E-state index contributed by atoms with van der Waals surface area (Å²) in [5.41, 5.74) is 0.657. The molecule has 26 heavy (non-hydrogen) atoms. The Hall–Kier alpha value is -2.84. The summed E-state index contributed by atoms with van der Waals surface area (Å²) in [7, 11) is 3.71. The first-order chi connectivity index (χ1) is 12.5. The van der Waals surface area contributed by atoms with Crippen LogP contribution in [0.3, 0.4) is 0 Å². The molecule has 1 aliphatic heterocycles. The molecule has 4 rings (SSSR count). The molecule has 0 N–H and O–H groups in total. The van der Waals surface area contributed by atoms with Crippen molar-refractivity contribution in [2.75, 3.05) is 37.0 Å². The lowest BCUT2D eigenvalue weighted by Crippen LogP contribution is -2.35. The minimum atomic E-state index is -0.928. The van der Waals surface area contributed by atoms with Gasteiger partial charge in [-0.3, -0.25) is 4.98 Å². The number of benzene rings is 1. The Labute approximate surface area is 148 Å². The molecule has 7 nitrogen and oxygen atoms in total.